The normalized spacial score (nSPS) is 17.6. The Morgan fingerprint density at radius 1 is 0.967 bits per heavy atom. The zero-order valence-corrected chi connectivity index (χ0v) is 16.5. The molecule has 0 saturated heterocycles. The number of para-hydroxylation sites is 2. The van der Waals surface area contributed by atoms with Crippen molar-refractivity contribution in [1.29, 1.82) is 0 Å². The van der Waals surface area contributed by atoms with E-state index in [-0.39, 0.29) is 18.1 Å². The average molecular weight is 396 g/mol. The van der Waals surface area contributed by atoms with Crippen molar-refractivity contribution in [2.75, 3.05) is 12.4 Å². The maximum atomic E-state index is 13.5. The van der Waals surface area contributed by atoms with Crippen LogP contribution in [0.1, 0.15) is 22.3 Å². The highest BCUT2D eigenvalue weighted by atomic mass is 16.5. The first-order valence-electron chi connectivity index (χ1n) is 9.78. The maximum absolute atomic E-state index is 13.5. The summed E-state index contributed by atoms with van der Waals surface area (Å²) in [5, 5.41) is 4.00. The second-order valence-corrected chi connectivity index (χ2v) is 7.43. The van der Waals surface area contributed by atoms with E-state index < -0.39 is 5.54 Å². The maximum Gasteiger partial charge on any atom is 0.255 e. The van der Waals surface area contributed by atoms with Crippen molar-refractivity contribution in [2.45, 2.75) is 12.0 Å². The van der Waals surface area contributed by atoms with Crippen LogP contribution in [0.4, 0.5) is 5.69 Å². The molecule has 1 amide bonds. The van der Waals surface area contributed by atoms with Crippen LogP contribution in [-0.2, 0) is 10.3 Å². The van der Waals surface area contributed by atoms with Crippen LogP contribution in [-0.4, -0.2) is 23.4 Å². The van der Waals surface area contributed by atoms with Crippen LogP contribution in [0.3, 0.4) is 0 Å². The molecule has 2 heterocycles. The van der Waals surface area contributed by atoms with E-state index in [1.807, 2.05) is 65.4 Å². The number of fused-ring (bicyclic) bond motifs is 2. The van der Waals surface area contributed by atoms with Gasteiger partial charge in [-0.1, -0.05) is 36.4 Å². The number of carbonyl (C=O) groups is 2. The molecule has 0 bridgehead atoms. The van der Waals surface area contributed by atoms with E-state index in [1.165, 1.54) is 0 Å². The Morgan fingerprint density at radius 3 is 2.50 bits per heavy atom. The van der Waals surface area contributed by atoms with Gasteiger partial charge in [-0.25, -0.2) is 0 Å². The number of Topliss-reactive ketones (excluding diaryl/α,β-unsaturated/α-hetero) is 1. The van der Waals surface area contributed by atoms with E-state index in [4.69, 9.17) is 4.74 Å². The molecule has 3 aromatic carbocycles. The third kappa shape index (κ3) is 2.63. The zero-order valence-electron chi connectivity index (χ0n) is 16.5. The number of amides is 1. The van der Waals surface area contributed by atoms with Crippen molar-refractivity contribution >= 4 is 28.3 Å². The minimum absolute atomic E-state index is 0.0147. The highest BCUT2D eigenvalue weighted by molar-refractivity contribution is 6.11. The molecule has 5 heteroatoms. The predicted octanol–water partition coefficient (Wildman–Crippen LogP) is 4.62. The van der Waals surface area contributed by atoms with Crippen LogP contribution in [0.5, 0.6) is 5.75 Å². The summed E-state index contributed by atoms with van der Waals surface area (Å²) in [6.07, 6.45) is 1.91. The monoisotopic (exact) mass is 396 g/mol. The van der Waals surface area contributed by atoms with E-state index in [2.05, 4.69) is 5.32 Å². The van der Waals surface area contributed by atoms with Gasteiger partial charge in [-0.15, -0.1) is 0 Å². The minimum Gasteiger partial charge on any atom is -0.497 e. The summed E-state index contributed by atoms with van der Waals surface area (Å²) < 4.78 is 7.13. The Hall–Kier alpha value is -3.86. The molecule has 0 fully saturated rings. The van der Waals surface area contributed by atoms with Gasteiger partial charge in [-0.2, -0.15) is 0 Å². The molecule has 1 aromatic heterocycles. The molecule has 5 rings (SSSR count). The minimum atomic E-state index is -1.16. The molecule has 148 valence electrons. The zero-order chi connectivity index (χ0) is 20.7. The molecule has 0 unspecified atom stereocenters. The van der Waals surface area contributed by atoms with Crippen LogP contribution < -0.4 is 10.1 Å². The number of carbonyl (C=O) groups excluding carboxylic acids is 2. The lowest BCUT2D eigenvalue weighted by molar-refractivity contribution is -0.121. The Morgan fingerprint density at radius 2 is 1.70 bits per heavy atom. The fraction of sp³-hybridized carbons (Fsp3) is 0.120. The van der Waals surface area contributed by atoms with Crippen molar-refractivity contribution in [3.63, 3.8) is 0 Å². The number of nitrogens with one attached hydrogen (secondary N) is 1. The standard InChI is InChI=1S/C25H20N2O3/c1-30-19-12-10-18(11-13-19)23(28)16-25(20-7-3-4-8-21(20)26-24(25)29)27-15-14-17-6-2-5-9-22(17)27/h2-15H,16H2,1H3,(H,26,29)/t25-/m0/s1. The molecule has 0 spiro atoms. The summed E-state index contributed by atoms with van der Waals surface area (Å²) in [5.41, 5.74) is 1.84. The largest absolute Gasteiger partial charge is 0.497 e. The van der Waals surface area contributed by atoms with Crippen molar-refractivity contribution < 1.29 is 14.3 Å². The summed E-state index contributed by atoms with van der Waals surface area (Å²) in [7, 11) is 1.59. The topological polar surface area (TPSA) is 60.3 Å². The fourth-order valence-corrected chi connectivity index (χ4v) is 4.33. The summed E-state index contributed by atoms with van der Waals surface area (Å²) in [5.74, 6) is 0.371. The van der Waals surface area contributed by atoms with Gasteiger partial charge in [0.05, 0.1) is 7.11 Å². The molecule has 0 radical (unpaired) electrons. The van der Waals surface area contributed by atoms with Gasteiger partial charge in [0, 0.05) is 34.9 Å². The third-order valence-electron chi connectivity index (χ3n) is 5.84. The number of aromatic nitrogens is 1. The molecule has 5 nitrogen and oxygen atoms in total. The Bertz CT molecular complexity index is 1270. The van der Waals surface area contributed by atoms with Gasteiger partial charge in [0.25, 0.3) is 5.91 Å². The van der Waals surface area contributed by atoms with Gasteiger partial charge in [-0.3, -0.25) is 9.59 Å². The van der Waals surface area contributed by atoms with E-state index in [1.54, 1.807) is 31.4 Å². The number of anilines is 1. The van der Waals surface area contributed by atoms with Crippen molar-refractivity contribution in [1.82, 2.24) is 4.57 Å². The molecule has 1 atom stereocenters. The van der Waals surface area contributed by atoms with Crippen LogP contribution in [0.2, 0.25) is 0 Å². The molecule has 0 saturated carbocycles. The van der Waals surface area contributed by atoms with Crippen molar-refractivity contribution in [2.24, 2.45) is 0 Å². The molecule has 1 aliphatic heterocycles. The van der Waals surface area contributed by atoms with Crippen LogP contribution in [0.25, 0.3) is 10.9 Å². The smallest absolute Gasteiger partial charge is 0.255 e. The first-order chi connectivity index (χ1) is 14.6. The van der Waals surface area contributed by atoms with E-state index in [9.17, 15) is 9.59 Å². The molecule has 30 heavy (non-hydrogen) atoms. The fourth-order valence-electron chi connectivity index (χ4n) is 4.33. The number of methoxy groups -OCH3 is 1. The Labute approximate surface area is 173 Å². The van der Waals surface area contributed by atoms with E-state index in [0.29, 0.717) is 11.3 Å². The SMILES string of the molecule is COc1ccc(C(=O)C[C@@]2(n3ccc4ccccc43)C(=O)Nc3ccccc32)cc1. The molecular weight excluding hydrogens is 376 g/mol. The molecule has 0 aliphatic carbocycles. The lowest BCUT2D eigenvalue weighted by atomic mass is 9.84. The van der Waals surface area contributed by atoms with Crippen molar-refractivity contribution in [3.05, 3.63) is 96.2 Å². The van der Waals surface area contributed by atoms with Crippen LogP contribution >= 0.6 is 0 Å². The van der Waals surface area contributed by atoms with E-state index in [0.717, 1.165) is 22.2 Å². The quantitative estimate of drug-likeness (QED) is 0.501. The number of hydrogen-bond donors (Lipinski definition) is 1. The Kier molecular flexibility index (Phi) is 4.17. The number of ether oxygens (including phenoxy) is 1. The highest BCUT2D eigenvalue weighted by Crippen LogP contribution is 2.44. The van der Waals surface area contributed by atoms with Gasteiger partial charge in [0.2, 0.25) is 0 Å². The van der Waals surface area contributed by atoms with Gasteiger partial charge in [-0.05, 0) is 47.9 Å². The van der Waals surface area contributed by atoms with Gasteiger partial charge in [0.1, 0.15) is 5.75 Å². The van der Waals surface area contributed by atoms with Gasteiger partial charge in [0.15, 0.2) is 11.3 Å². The first kappa shape index (κ1) is 18.2. The van der Waals surface area contributed by atoms with Gasteiger partial charge < -0.3 is 14.6 Å². The second kappa shape index (κ2) is 6.88. The third-order valence-corrected chi connectivity index (χ3v) is 5.84. The van der Waals surface area contributed by atoms with E-state index >= 15 is 0 Å². The predicted molar refractivity (Wildman–Crippen MR) is 116 cm³/mol. The number of nitrogens with zero attached hydrogens (tertiary/aromatic N) is 1. The van der Waals surface area contributed by atoms with Crippen molar-refractivity contribution in [3.8, 4) is 5.75 Å². The second-order valence-electron chi connectivity index (χ2n) is 7.43. The molecular formula is C25H20N2O3. The first-order valence-corrected chi connectivity index (χ1v) is 9.78. The average Bonchev–Trinajstić information content (AvgIpc) is 3.33. The molecule has 4 aromatic rings. The van der Waals surface area contributed by atoms with Crippen LogP contribution in [0.15, 0.2) is 85.1 Å². The lowest BCUT2D eigenvalue weighted by Crippen LogP contribution is -2.43. The summed E-state index contributed by atoms with van der Waals surface area (Å²) in [4.78, 5) is 26.8. The molecule has 1 aliphatic rings. The highest BCUT2D eigenvalue weighted by Gasteiger charge is 2.50. The summed E-state index contributed by atoms with van der Waals surface area (Å²) >= 11 is 0. The molecule has 1 N–H and O–H groups in total. The van der Waals surface area contributed by atoms with Crippen LogP contribution in [0, 0.1) is 0 Å². The number of benzene rings is 3. The summed E-state index contributed by atoms with van der Waals surface area (Å²) in [6.45, 7) is 0. The van der Waals surface area contributed by atoms with Gasteiger partial charge >= 0.3 is 0 Å². The lowest BCUT2D eigenvalue weighted by Gasteiger charge is -2.30. The summed E-state index contributed by atoms with van der Waals surface area (Å²) in [6, 6.07) is 24.4. The number of ketones is 1. The Balaban J connectivity index is 1.68. The number of hydrogen-bond acceptors (Lipinski definition) is 3. The number of rotatable bonds is 5.